The Bertz CT molecular complexity index is 594. The van der Waals surface area contributed by atoms with Gasteiger partial charge in [0, 0.05) is 22.9 Å². The zero-order chi connectivity index (χ0) is 14.8. The molecule has 0 spiro atoms. The van der Waals surface area contributed by atoms with Crippen LogP contribution in [0.4, 0.5) is 0 Å². The summed E-state index contributed by atoms with van der Waals surface area (Å²) in [4.78, 5) is 6.38. The Balaban J connectivity index is 1.87. The van der Waals surface area contributed by atoms with Gasteiger partial charge in [-0.2, -0.15) is 0 Å². The number of thiazole rings is 1. The number of benzene rings is 1. The van der Waals surface area contributed by atoms with Crippen LogP contribution in [0, 0.1) is 0 Å². The quantitative estimate of drug-likeness (QED) is 0.819. The second-order valence-corrected chi connectivity index (χ2v) is 7.24. The van der Waals surface area contributed by atoms with E-state index < -0.39 is 0 Å². The van der Waals surface area contributed by atoms with Crippen LogP contribution < -0.4 is 5.32 Å². The van der Waals surface area contributed by atoms with Crippen molar-refractivity contribution in [3.8, 4) is 10.6 Å². The molecule has 0 radical (unpaired) electrons. The number of nitrogens with zero attached hydrogens (tertiary/aromatic N) is 1. The monoisotopic (exact) mass is 300 g/mol. The lowest BCUT2D eigenvalue weighted by atomic mass is 10.0. The van der Waals surface area contributed by atoms with Gasteiger partial charge in [-0.3, -0.25) is 0 Å². The molecule has 1 saturated carbocycles. The first-order valence-corrected chi connectivity index (χ1v) is 8.81. The van der Waals surface area contributed by atoms with Gasteiger partial charge in [-0.15, -0.1) is 11.3 Å². The van der Waals surface area contributed by atoms with E-state index in [9.17, 15) is 0 Å². The molecule has 1 N–H and O–H groups in total. The summed E-state index contributed by atoms with van der Waals surface area (Å²) >= 11 is 1.86. The Labute approximate surface area is 131 Å². The molecule has 112 valence electrons. The average Bonchev–Trinajstić information content (AvgIpc) is 3.25. The Morgan fingerprint density at radius 3 is 2.52 bits per heavy atom. The van der Waals surface area contributed by atoms with Gasteiger partial charge in [0.2, 0.25) is 0 Å². The molecule has 1 heterocycles. The van der Waals surface area contributed by atoms with Crippen molar-refractivity contribution in [2.75, 3.05) is 6.54 Å². The van der Waals surface area contributed by atoms with E-state index in [-0.39, 0.29) is 0 Å². The molecular weight excluding hydrogens is 276 g/mol. The summed E-state index contributed by atoms with van der Waals surface area (Å²) in [7, 11) is 0. The third kappa shape index (κ3) is 3.35. The summed E-state index contributed by atoms with van der Waals surface area (Å²) in [6.07, 6.45) is 2.63. The van der Waals surface area contributed by atoms with Crippen LogP contribution in [0.5, 0.6) is 0 Å². The number of hydrogen-bond acceptors (Lipinski definition) is 3. The first kappa shape index (κ1) is 14.7. The van der Waals surface area contributed by atoms with Crippen molar-refractivity contribution < 1.29 is 0 Å². The fraction of sp³-hybridized carbons (Fsp3) is 0.500. The van der Waals surface area contributed by atoms with Gasteiger partial charge in [-0.05, 0) is 30.9 Å². The van der Waals surface area contributed by atoms with Crippen molar-refractivity contribution in [1.29, 1.82) is 0 Å². The highest BCUT2D eigenvalue weighted by Gasteiger charge is 2.29. The molecule has 1 aromatic heterocycles. The standard InChI is InChI=1S/C18H24N2S/c1-4-19-11-16-17(14-7-8-14)20-18(21-16)15-9-5-13(6-10-15)12(2)3/h5-6,9-10,12,14,19H,4,7-8,11H2,1-3H3. The third-order valence-electron chi connectivity index (χ3n) is 4.05. The summed E-state index contributed by atoms with van der Waals surface area (Å²) < 4.78 is 0. The van der Waals surface area contributed by atoms with Crippen LogP contribution in [0.2, 0.25) is 0 Å². The highest BCUT2D eigenvalue weighted by molar-refractivity contribution is 7.15. The predicted octanol–water partition coefficient (Wildman–Crippen LogP) is 4.92. The van der Waals surface area contributed by atoms with Crippen LogP contribution in [0.1, 0.15) is 61.6 Å². The van der Waals surface area contributed by atoms with Crippen LogP contribution in [-0.4, -0.2) is 11.5 Å². The topological polar surface area (TPSA) is 24.9 Å². The highest BCUT2D eigenvalue weighted by Crippen LogP contribution is 2.44. The number of aromatic nitrogens is 1. The molecular formula is C18H24N2S. The molecule has 2 aromatic rings. The number of hydrogen-bond donors (Lipinski definition) is 1. The molecule has 3 rings (SSSR count). The minimum Gasteiger partial charge on any atom is -0.312 e. The Hall–Kier alpha value is -1.19. The van der Waals surface area contributed by atoms with Gasteiger partial charge < -0.3 is 5.32 Å². The Morgan fingerprint density at radius 2 is 1.95 bits per heavy atom. The summed E-state index contributed by atoms with van der Waals surface area (Å²) in [6, 6.07) is 8.92. The van der Waals surface area contributed by atoms with Crippen molar-refractivity contribution in [2.45, 2.75) is 52.0 Å². The molecule has 0 unspecified atom stereocenters. The maximum atomic E-state index is 4.95. The van der Waals surface area contributed by atoms with E-state index in [0.717, 1.165) is 19.0 Å². The van der Waals surface area contributed by atoms with E-state index in [4.69, 9.17) is 4.98 Å². The summed E-state index contributed by atoms with van der Waals surface area (Å²) in [6.45, 7) is 8.60. The maximum Gasteiger partial charge on any atom is 0.123 e. The van der Waals surface area contributed by atoms with Crippen LogP contribution in [0.15, 0.2) is 24.3 Å². The fourth-order valence-corrected chi connectivity index (χ4v) is 3.66. The van der Waals surface area contributed by atoms with E-state index in [2.05, 4.69) is 50.4 Å². The molecule has 0 aliphatic heterocycles. The van der Waals surface area contributed by atoms with Crippen LogP contribution in [0.3, 0.4) is 0 Å². The van der Waals surface area contributed by atoms with Crippen LogP contribution in [-0.2, 0) is 6.54 Å². The van der Waals surface area contributed by atoms with Gasteiger partial charge in [0.25, 0.3) is 0 Å². The van der Waals surface area contributed by atoms with Gasteiger partial charge in [-0.1, -0.05) is 45.0 Å². The van der Waals surface area contributed by atoms with E-state index in [0.29, 0.717) is 5.92 Å². The van der Waals surface area contributed by atoms with Gasteiger partial charge in [-0.25, -0.2) is 4.98 Å². The predicted molar refractivity (Wildman–Crippen MR) is 91.0 cm³/mol. The normalized spacial score (nSPS) is 14.9. The molecule has 3 heteroatoms. The summed E-state index contributed by atoms with van der Waals surface area (Å²) in [5, 5.41) is 4.63. The maximum absolute atomic E-state index is 4.95. The van der Waals surface area contributed by atoms with Gasteiger partial charge in [0.1, 0.15) is 5.01 Å². The minimum atomic E-state index is 0.585. The lowest BCUT2D eigenvalue weighted by Crippen LogP contribution is -2.11. The third-order valence-corrected chi connectivity index (χ3v) is 5.17. The van der Waals surface area contributed by atoms with Gasteiger partial charge in [0.15, 0.2) is 0 Å². The smallest absolute Gasteiger partial charge is 0.123 e. The molecule has 0 atom stereocenters. The Kier molecular flexibility index (Phi) is 4.41. The second-order valence-electron chi connectivity index (χ2n) is 6.16. The Morgan fingerprint density at radius 1 is 1.24 bits per heavy atom. The largest absolute Gasteiger partial charge is 0.312 e. The highest BCUT2D eigenvalue weighted by atomic mass is 32.1. The number of nitrogens with one attached hydrogen (secondary N) is 1. The van der Waals surface area contributed by atoms with Crippen LogP contribution >= 0.6 is 11.3 Å². The molecule has 1 fully saturated rings. The van der Waals surface area contributed by atoms with Crippen molar-refractivity contribution >= 4 is 11.3 Å². The molecule has 1 aliphatic rings. The zero-order valence-corrected chi connectivity index (χ0v) is 14.0. The van der Waals surface area contributed by atoms with E-state index in [1.165, 1.54) is 39.5 Å². The molecule has 0 saturated heterocycles. The second kappa shape index (κ2) is 6.29. The SMILES string of the molecule is CCNCc1sc(-c2ccc(C(C)C)cc2)nc1C1CC1. The van der Waals surface area contributed by atoms with Crippen molar-refractivity contribution in [3.63, 3.8) is 0 Å². The zero-order valence-electron chi connectivity index (χ0n) is 13.1. The molecule has 1 aliphatic carbocycles. The molecule has 1 aromatic carbocycles. The lowest BCUT2D eigenvalue weighted by molar-refractivity contribution is 0.727. The van der Waals surface area contributed by atoms with E-state index in [1.54, 1.807) is 0 Å². The van der Waals surface area contributed by atoms with Crippen molar-refractivity contribution in [2.24, 2.45) is 0 Å². The van der Waals surface area contributed by atoms with E-state index >= 15 is 0 Å². The van der Waals surface area contributed by atoms with Gasteiger partial charge in [0.05, 0.1) is 5.69 Å². The summed E-state index contributed by atoms with van der Waals surface area (Å²) in [5.41, 5.74) is 4.00. The molecule has 0 amide bonds. The number of rotatable bonds is 6. The van der Waals surface area contributed by atoms with Crippen LogP contribution in [0.25, 0.3) is 10.6 Å². The lowest BCUT2D eigenvalue weighted by Gasteiger charge is -2.05. The molecule has 21 heavy (non-hydrogen) atoms. The molecule has 2 nitrogen and oxygen atoms in total. The fourth-order valence-electron chi connectivity index (χ4n) is 2.54. The first-order valence-electron chi connectivity index (χ1n) is 7.99. The van der Waals surface area contributed by atoms with E-state index in [1.807, 2.05) is 11.3 Å². The minimum absolute atomic E-state index is 0.585. The first-order chi connectivity index (χ1) is 10.2. The van der Waals surface area contributed by atoms with Crippen molar-refractivity contribution in [1.82, 2.24) is 10.3 Å². The summed E-state index contributed by atoms with van der Waals surface area (Å²) in [5.74, 6) is 1.31. The van der Waals surface area contributed by atoms with Gasteiger partial charge >= 0.3 is 0 Å². The molecule has 0 bridgehead atoms. The van der Waals surface area contributed by atoms with Crippen molar-refractivity contribution in [3.05, 3.63) is 40.4 Å². The average molecular weight is 300 g/mol.